The number of allylic oxidation sites excluding steroid dienone is 2. The summed E-state index contributed by atoms with van der Waals surface area (Å²) < 4.78 is 10.8. The van der Waals surface area contributed by atoms with Gasteiger partial charge in [-0.05, 0) is 6.08 Å². The van der Waals surface area contributed by atoms with Crippen molar-refractivity contribution in [2.75, 3.05) is 14.2 Å². The van der Waals surface area contributed by atoms with E-state index >= 15 is 0 Å². The van der Waals surface area contributed by atoms with E-state index in [2.05, 4.69) is 0 Å². The molecule has 1 aliphatic rings. The molecule has 18 heavy (non-hydrogen) atoms. The Balaban J connectivity index is 2.41. The predicted molar refractivity (Wildman–Crippen MR) is 69.6 cm³/mol. The molecule has 1 aromatic rings. The van der Waals surface area contributed by atoms with Crippen molar-refractivity contribution in [2.45, 2.75) is 11.7 Å². The number of rotatable bonds is 4. The summed E-state index contributed by atoms with van der Waals surface area (Å²) in [4.78, 5) is 12.6. The van der Waals surface area contributed by atoms with Gasteiger partial charge in [-0.1, -0.05) is 48.6 Å². The van der Waals surface area contributed by atoms with E-state index in [9.17, 15) is 4.79 Å². The molecule has 0 N–H and O–H groups in total. The Bertz CT molecular complexity index is 476. The van der Waals surface area contributed by atoms with Gasteiger partial charge in [0.2, 0.25) is 5.78 Å². The Labute approximate surface area is 107 Å². The maximum atomic E-state index is 12.6. The van der Waals surface area contributed by atoms with Gasteiger partial charge in [-0.2, -0.15) is 0 Å². The van der Waals surface area contributed by atoms with Crippen LogP contribution in [0.2, 0.25) is 0 Å². The molecule has 0 fully saturated rings. The molecule has 3 heteroatoms. The number of ketones is 1. The second-order valence-corrected chi connectivity index (χ2v) is 4.09. The number of carbonyl (C=O) groups excluding carboxylic acids is 1. The molecule has 3 nitrogen and oxygen atoms in total. The van der Waals surface area contributed by atoms with Crippen LogP contribution in [0.15, 0.2) is 54.6 Å². The Morgan fingerprint density at radius 2 is 1.89 bits per heavy atom. The number of hydrogen-bond donors (Lipinski definition) is 0. The fourth-order valence-electron chi connectivity index (χ4n) is 2.15. The van der Waals surface area contributed by atoms with Crippen molar-refractivity contribution in [1.29, 1.82) is 0 Å². The van der Waals surface area contributed by atoms with Crippen molar-refractivity contribution in [2.24, 2.45) is 0 Å². The maximum Gasteiger partial charge on any atom is 0.201 e. The molecule has 1 aromatic carbocycles. The fourth-order valence-corrected chi connectivity index (χ4v) is 2.15. The molecule has 0 saturated heterocycles. The summed E-state index contributed by atoms with van der Waals surface area (Å²) in [6, 6.07) is 9.10. The Morgan fingerprint density at radius 1 is 1.17 bits per heavy atom. The molecule has 0 radical (unpaired) electrons. The Morgan fingerprint density at radius 3 is 2.50 bits per heavy atom. The molecule has 0 saturated carbocycles. The summed E-state index contributed by atoms with van der Waals surface area (Å²) in [5.41, 5.74) is -0.466. The molecule has 0 aromatic heterocycles. The SMILES string of the molecule is COC1C=CC=CC1(OC)C(=O)c1ccccc1. The van der Waals surface area contributed by atoms with Crippen LogP contribution in [0.4, 0.5) is 0 Å². The average Bonchev–Trinajstić information content (AvgIpc) is 2.47. The third-order valence-electron chi connectivity index (χ3n) is 3.15. The van der Waals surface area contributed by atoms with Crippen LogP contribution < -0.4 is 0 Å². The molecule has 0 amide bonds. The van der Waals surface area contributed by atoms with Crippen LogP contribution in [0.1, 0.15) is 10.4 Å². The molecular formula is C15H16O3. The van der Waals surface area contributed by atoms with Crippen LogP contribution >= 0.6 is 0 Å². The van der Waals surface area contributed by atoms with Gasteiger partial charge in [0.15, 0.2) is 5.60 Å². The molecule has 0 bridgehead atoms. The number of hydrogen-bond acceptors (Lipinski definition) is 3. The van der Waals surface area contributed by atoms with Crippen LogP contribution in [0.3, 0.4) is 0 Å². The fraction of sp³-hybridized carbons (Fsp3) is 0.267. The van der Waals surface area contributed by atoms with E-state index in [1.54, 1.807) is 31.4 Å². The topological polar surface area (TPSA) is 35.5 Å². The van der Waals surface area contributed by atoms with E-state index in [-0.39, 0.29) is 5.78 Å². The smallest absolute Gasteiger partial charge is 0.201 e. The second-order valence-electron chi connectivity index (χ2n) is 4.09. The summed E-state index contributed by atoms with van der Waals surface area (Å²) in [7, 11) is 3.09. The lowest BCUT2D eigenvalue weighted by Gasteiger charge is -2.34. The van der Waals surface area contributed by atoms with Crippen LogP contribution in [0.5, 0.6) is 0 Å². The van der Waals surface area contributed by atoms with Crippen molar-refractivity contribution < 1.29 is 14.3 Å². The lowest BCUT2D eigenvalue weighted by Crippen LogP contribution is -2.50. The minimum Gasteiger partial charge on any atom is -0.373 e. The first-order chi connectivity index (χ1) is 8.74. The molecule has 1 aliphatic carbocycles. The molecule has 2 atom stereocenters. The molecule has 0 spiro atoms. The number of benzene rings is 1. The lowest BCUT2D eigenvalue weighted by molar-refractivity contribution is -0.0458. The highest BCUT2D eigenvalue weighted by Gasteiger charge is 2.44. The van der Waals surface area contributed by atoms with Crippen molar-refractivity contribution in [3.63, 3.8) is 0 Å². The first-order valence-corrected chi connectivity index (χ1v) is 5.78. The van der Waals surface area contributed by atoms with Crippen LogP contribution in [-0.2, 0) is 9.47 Å². The van der Waals surface area contributed by atoms with E-state index in [0.29, 0.717) is 5.56 Å². The van der Waals surface area contributed by atoms with Crippen molar-refractivity contribution >= 4 is 5.78 Å². The second kappa shape index (κ2) is 5.29. The summed E-state index contributed by atoms with van der Waals surface area (Å²) in [6.07, 6.45) is 6.81. The van der Waals surface area contributed by atoms with Gasteiger partial charge in [0, 0.05) is 19.8 Å². The van der Waals surface area contributed by atoms with E-state index < -0.39 is 11.7 Å². The number of carbonyl (C=O) groups is 1. The summed E-state index contributed by atoms with van der Waals surface area (Å²) >= 11 is 0. The Kier molecular flexibility index (Phi) is 3.75. The van der Waals surface area contributed by atoms with Gasteiger partial charge in [0.1, 0.15) is 6.10 Å². The van der Waals surface area contributed by atoms with Crippen molar-refractivity contribution in [3.05, 3.63) is 60.2 Å². The van der Waals surface area contributed by atoms with Crippen LogP contribution in [0.25, 0.3) is 0 Å². The predicted octanol–water partition coefficient (Wildman–Crippen LogP) is 2.40. The average molecular weight is 244 g/mol. The summed E-state index contributed by atoms with van der Waals surface area (Å²) in [5.74, 6) is -0.0990. The first-order valence-electron chi connectivity index (χ1n) is 5.78. The monoisotopic (exact) mass is 244 g/mol. The minimum atomic E-state index is -1.08. The zero-order valence-corrected chi connectivity index (χ0v) is 10.5. The van der Waals surface area contributed by atoms with Crippen molar-refractivity contribution in [3.8, 4) is 0 Å². The highest BCUT2D eigenvalue weighted by Crippen LogP contribution is 2.28. The van der Waals surface area contributed by atoms with Gasteiger partial charge in [-0.3, -0.25) is 4.79 Å². The van der Waals surface area contributed by atoms with Gasteiger partial charge >= 0.3 is 0 Å². The summed E-state index contributed by atoms with van der Waals surface area (Å²) in [5, 5.41) is 0. The van der Waals surface area contributed by atoms with Crippen LogP contribution in [-0.4, -0.2) is 31.7 Å². The minimum absolute atomic E-state index is 0.0990. The largest absolute Gasteiger partial charge is 0.373 e. The van der Waals surface area contributed by atoms with E-state index in [4.69, 9.17) is 9.47 Å². The molecule has 0 heterocycles. The normalized spacial score (nSPS) is 26.2. The number of Topliss-reactive ketones (excluding diaryl/α,β-unsaturated/α-hetero) is 1. The van der Waals surface area contributed by atoms with Crippen molar-refractivity contribution in [1.82, 2.24) is 0 Å². The van der Waals surface area contributed by atoms with Gasteiger partial charge in [0.25, 0.3) is 0 Å². The van der Waals surface area contributed by atoms with E-state index in [1.807, 2.05) is 30.4 Å². The highest BCUT2D eigenvalue weighted by atomic mass is 16.5. The number of ether oxygens (including phenoxy) is 2. The Hall–Kier alpha value is -1.71. The van der Waals surface area contributed by atoms with Gasteiger partial charge in [-0.25, -0.2) is 0 Å². The molecule has 2 rings (SSSR count). The summed E-state index contributed by atoms with van der Waals surface area (Å²) in [6.45, 7) is 0. The zero-order valence-electron chi connectivity index (χ0n) is 10.5. The molecule has 2 unspecified atom stereocenters. The number of methoxy groups -OCH3 is 2. The van der Waals surface area contributed by atoms with Gasteiger partial charge in [0.05, 0.1) is 0 Å². The quantitative estimate of drug-likeness (QED) is 0.763. The maximum absolute atomic E-state index is 12.6. The van der Waals surface area contributed by atoms with E-state index in [1.165, 1.54) is 7.11 Å². The first kappa shape index (κ1) is 12.7. The standard InChI is InChI=1S/C15H16O3/c1-17-13-10-6-7-11-15(13,18-2)14(16)12-8-4-3-5-9-12/h3-11,13H,1-2H3. The molecule has 0 aliphatic heterocycles. The van der Waals surface area contributed by atoms with E-state index in [0.717, 1.165) is 0 Å². The molecule has 94 valence electrons. The van der Waals surface area contributed by atoms with Gasteiger partial charge in [-0.15, -0.1) is 0 Å². The third kappa shape index (κ3) is 2.03. The molecular weight excluding hydrogens is 228 g/mol. The lowest BCUT2D eigenvalue weighted by atomic mass is 9.84. The van der Waals surface area contributed by atoms with Gasteiger partial charge < -0.3 is 9.47 Å². The zero-order chi connectivity index (χ0) is 13.0. The highest BCUT2D eigenvalue weighted by molar-refractivity contribution is 6.04. The van der Waals surface area contributed by atoms with Crippen LogP contribution in [0, 0.1) is 0 Å². The third-order valence-corrected chi connectivity index (χ3v) is 3.15.